The fourth-order valence-electron chi connectivity index (χ4n) is 2.62. The van der Waals surface area contributed by atoms with Crippen LogP contribution in [-0.4, -0.2) is 37.0 Å². The van der Waals surface area contributed by atoms with Crippen LogP contribution < -0.4 is 5.32 Å². The van der Waals surface area contributed by atoms with Crippen molar-refractivity contribution in [2.45, 2.75) is 50.7 Å². The number of hydrogen-bond donors (Lipinski definition) is 2. The lowest BCUT2D eigenvalue weighted by molar-refractivity contribution is 0.0305. The molecule has 0 heterocycles. The third kappa shape index (κ3) is 3.94. The first-order valence-corrected chi connectivity index (χ1v) is 7.32. The van der Waals surface area contributed by atoms with Crippen LogP contribution in [0.3, 0.4) is 0 Å². The molecule has 3 rings (SSSR count). The molecule has 3 nitrogen and oxygen atoms in total. The molecule has 0 saturated heterocycles. The molecule has 3 fully saturated rings. The highest BCUT2D eigenvalue weighted by Crippen LogP contribution is 2.44. The van der Waals surface area contributed by atoms with Crippen molar-refractivity contribution in [1.82, 2.24) is 5.32 Å². The Morgan fingerprint density at radius 2 is 1.71 bits per heavy atom. The minimum Gasteiger partial charge on any atom is -0.389 e. The highest BCUT2D eigenvalue weighted by Gasteiger charge is 2.41. The Kier molecular flexibility index (Phi) is 3.69. The summed E-state index contributed by atoms with van der Waals surface area (Å²) >= 11 is 0. The van der Waals surface area contributed by atoms with Gasteiger partial charge in [0.25, 0.3) is 0 Å². The molecular weight excluding hydrogens is 214 g/mol. The monoisotopic (exact) mass is 239 g/mol. The Hall–Kier alpha value is -0.120. The van der Waals surface area contributed by atoms with Crippen LogP contribution in [0.1, 0.15) is 38.5 Å². The predicted molar refractivity (Wildman–Crippen MR) is 66.8 cm³/mol. The van der Waals surface area contributed by atoms with Crippen molar-refractivity contribution in [3.8, 4) is 0 Å². The third-order valence-corrected chi connectivity index (χ3v) is 4.21. The standard InChI is InChI=1S/C14H25NO2/c16-13(9-17-8-10-1-2-10)7-15-14(11-3-4-11)12-5-6-12/h10-16H,1-9H2. The van der Waals surface area contributed by atoms with Gasteiger partial charge in [-0.15, -0.1) is 0 Å². The lowest BCUT2D eigenvalue weighted by atomic mass is 10.1. The molecule has 3 aliphatic carbocycles. The molecule has 0 aromatic heterocycles. The fourth-order valence-corrected chi connectivity index (χ4v) is 2.62. The van der Waals surface area contributed by atoms with Crippen molar-refractivity contribution in [3.05, 3.63) is 0 Å². The first-order chi connectivity index (χ1) is 8.33. The summed E-state index contributed by atoms with van der Waals surface area (Å²) in [5.74, 6) is 2.60. The SMILES string of the molecule is OC(CNC(C1CC1)C1CC1)COCC1CC1. The van der Waals surface area contributed by atoms with E-state index in [2.05, 4.69) is 5.32 Å². The number of aliphatic hydroxyl groups excluding tert-OH is 1. The van der Waals surface area contributed by atoms with Gasteiger partial charge in [0.2, 0.25) is 0 Å². The summed E-state index contributed by atoms with van der Waals surface area (Å²) in [6.45, 7) is 2.07. The van der Waals surface area contributed by atoms with Gasteiger partial charge in [-0.2, -0.15) is 0 Å². The summed E-state index contributed by atoms with van der Waals surface area (Å²) in [5, 5.41) is 13.4. The van der Waals surface area contributed by atoms with Crippen LogP contribution in [0.2, 0.25) is 0 Å². The Balaban J connectivity index is 1.28. The van der Waals surface area contributed by atoms with Gasteiger partial charge >= 0.3 is 0 Å². The zero-order chi connectivity index (χ0) is 11.7. The first-order valence-electron chi connectivity index (χ1n) is 7.32. The molecule has 0 radical (unpaired) electrons. The minimum atomic E-state index is -0.325. The van der Waals surface area contributed by atoms with Gasteiger partial charge in [0.05, 0.1) is 12.7 Å². The smallest absolute Gasteiger partial charge is 0.0897 e. The number of hydrogen-bond acceptors (Lipinski definition) is 3. The van der Waals surface area contributed by atoms with E-state index in [0.717, 1.165) is 24.4 Å². The van der Waals surface area contributed by atoms with Crippen LogP contribution in [0.15, 0.2) is 0 Å². The van der Waals surface area contributed by atoms with Gasteiger partial charge in [0.15, 0.2) is 0 Å². The zero-order valence-corrected chi connectivity index (χ0v) is 10.6. The van der Waals surface area contributed by atoms with E-state index in [-0.39, 0.29) is 6.10 Å². The average molecular weight is 239 g/mol. The van der Waals surface area contributed by atoms with E-state index in [1.165, 1.54) is 38.5 Å². The summed E-state index contributed by atoms with van der Waals surface area (Å²) in [5.41, 5.74) is 0. The Morgan fingerprint density at radius 3 is 2.24 bits per heavy atom. The number of aliphatic hydroxyl groups is 1. The van der Waals surface area contributed by atoms with Crippen LogP contribution >= 0.6 is 0 Å². The molecule has 0 spiro atoms. The number of ether oxygens (including phenoxy) is 1. The largest absolute Gasteiger partial charge is 0.389 e. The van der Waals surface area contributed by atoms with E-state index in [9.17, 15) is 5.11 Å². The van der Waals surface area contributed by atoms with Crippen molar-refractivity contribution < 1.29 is 9.84 Å². The van der Waals surface area contributed by atoms with Gasteiger partial charge in [0, 0.05) is 19.2 Å². The van der Waals surface area contributed by atoms with E-state index < -0.39 is 0 Å². The Labute approximate surface area is 104 Å². The maximum Gasteiger partial charge on any atom is 0.0897 e. The van der Waals surface area contributed by atoms with Gasteiger partial charge in [0.1, 0.15) is 0 Å². The molecule has 0 aliphatic heterocycles. The summed E-state index contributed by atoms with van der Waals surface area (Å²) in [6.07, 6.45) is 7.88. The summed E-state index contributed by atoms with van der Waals surface area (Å²) in [4.78, 5) is 0. The van der Waals surface area contributed by atoms with Crippen LogP contribution in [0.25, 0.3) is 0 Å². The fraction of sp³-hybridized carbons (Fsp3) is 1.00. The molecule has 1 unspecified atom stereocenters. The van der Waals surface area contributed by atoms with Crippen LogP contribution in [0, 0.1) is 17.8 Å². The van der Waals surface area contributed by atoms with Crippen molar-refractivity contribution in [1.29, 1.82) is 0 Å². The van der Waals surface area contributed by atoms with Gasteiger partial charge in [-0.05, 0) is 56.3 Å². The van der Waals surface area contributed by atoms with Crippen molar-refractivity contribution in [2.24, 2.45) is 17.8 Å². The van der Waals surface area contributed by atoms with Crippen LogP contribution in [0.5, 0.6) is 0 Å². The molecule has 3 aliphatic rings. The molecule has 0 bridgehead atoms. The predicted octanol–water partition coefficient (Wildman–Crippen LogP) is 1.55. The van der Waals surface area contributed by atoms with E-state index in [1.807, 2.05) is 0 Å². The molecular formula is C14H25NO2. The van der Waals surface area contributed by atoms with Crippen molar-refractivity contribution in [3.63, 3.8) is 0 Å². The quantitative estimate of drug-likeness (QED) is 0.641. The average Bonchev–Trinajstić information content (AvgIpc) is 3.12. The van der Waals surface area contributed by atoms with E-state index >= 15 is 0 Å². The minimum absolute atomic E-state index is 0.325. The maximum absolute atomic E-state index is 9.85. The van der Waals surface area contributed by atoms with Crippen molar-refractivity contribution >= 4 is 0 Å². The Morgan fingerprint density at radius 1 is 1.06 bits per heavy atom. The van der Waals surface area contributed by atoms with Gasteiger partial charge in [-0.1, -0.05) is 0 Å². The molecule has 0 aromatic rings. The number of nitrogens with one attached hydrogen (secondary N) is 1. The molecule has 3 heteroatoms. The highest BCUT2D eigenvalue weighted by molar-refractivity contribution is 4.96. The zero-order valence-electron chi connectivity index (χ0n) is 10.6. The third-order valence-electron chi connectivity index (χ3n) is 4.21. The van der Waals surface area contributed by atoms with Gasteiger partial charge < -0.3 is 15.2 Å². The second-order valence-electron chi connectivity index (χ2n) is 6.24. The van der Waals surface area contributed by atoms with Gasteiger partial charge in [-0.25, -0.2) is 0 Å². The van der Waals surface area contributed by atoms with E-state index in [4.69, 9.17) is 4.74 Å². The summed E-state index contributed by atoms with van der Waals surface area (Å²) < 4.78 is 5.51. The van der Waals surface area contributed by atoms with Crippen molar-refractivity contribution in [2.75, 3.05) is 19.8 Å². The second-order valence-corrected chi connectivity index (χ2v) is 6.24. The molecule has 1 atom stereocenters. The van der Waals surface area contributed by atoms with Gasteiger partial charge in [-0.3, -0.25) is 0 Å². The molecule has 0 amide bonds. The van der Waals surface area contributed by atoms with Crippen LogP contribution in [-0.2, 0) is 4.74 Å². The summed E-state index contributed by atoms with van der Waals surface area (Å²) in [7, 11) is 0. The van der Waals surface area contributed by atoms with E-state index in [1.54, 1.807) is 0 Å². The molecule has 2 N–H and O–H groups in total. The lowest BCUT2D eigenvalue weighted by Gasteiger charge is -2.20. The summed E-state index contributed by atoms with van der Waals surface area (Å²) in [6, 6.07) is 0.688. The molecule has 3 saturated carbocycles. The second kappa shape index (κ2) is 5.25. The normalized spacial score (nSPS) is 26.5. The molecule has 17 heavy (non-hydrogen) atoms. The molecule has 0 aromatic carbocycles. The first kappa shape index (κ1) is 11.9. The van der Waals surface area contributed by atoms with Crippen LogP contribution in [0.4, 0.5) is 0 Å². The Bertz CT molecular complexity index is 235. The van der Waals surface area contributed by atoms with E-state index in [0.29, 0.717) is 19.2 Å². The lowest BCUT2D eigenvalue weighted by Crippen LogP contribution is -2.40. The highest BCUT2D eigenvalue weighted by atomic mass is 16.5. The number of rotatable bonds is 9. The topological polar surface area (TPSA) is 41.5 Å². The molecule has 98 valence electrons. The maximum atomic E-state index is 9.85.